The second-order valence-corrected chi connectivity index (χ2v) is 5.03. The molecule has 104 valence electrons. The topological polar surface area (TPSA) is 96.6 Å². The molecule has 7 nitrogen and oxygen atoms in total. The Bertz CT molecular complexity index is 642. The minimum absolute atomic E-state index is 0.147. The lowest BCUT2D eigenvalue weighted by atomic mass is 10.1. The number of benzene rings is 1. The summed E-state index contributed by atoms with van der Waals surface area (Å²) in [6.45, 7) is 0.325. The van der Waals surface area contributed by atoms with Crippen LogP contribution >= 0.6 is 11.3 Å². The van der Waals surface area contributed by atoms with Crippen LogP contribution in [0.15, 0.2) is 29.8 Å². The molecule has 20 heavy (non-hydrogen) atoms. The number of thiazole rings is 1. The van der Waals surface area contributed by atoms with Crippen molar-refractivity contribution >= 4 is 22.9 Å². The van der Waals surface area contributed by atoms with E-state index < -0.39 is 16.4 Å². The van der Waals surface area contributed by atoms with Crippen molar-refractivity contribution in [1.29, 1.82) is 0 Å². The quantitative estimate of drug-likeness (QED) is 0.687. The lowest BCUT2D eigenvalue weighted by Gasteiger charge is -2.15. The van der Waals surface area contributed by atoms with Gasteiger partial charge in [-0.15, -0.1) is 11.3 Å². The maximum Gasteiger partial charge on any atom is 0.311 e. The van der Waals surface area contributed by atoms with E-state index in [0.29, 0.717) is 6.54 Å². The van der Waals surface area contributed by atoms with Crippen molar-refractivity contribution in [2.24, 2.45) is 0 Å². The first kappa shape index (κ1) is 13.9. The molecule has 0 atom stereocenters. The number of carbonyl (C=O) groups is 1. The molecule has 1 N–H and O–H groups in total. The van der Waals surface area contributed by atoms with Crippen LogP contribution in [0.3, 0.4) is 0 Å². The number of aromatic hydroxyl groups is 1. The van der Waals surface area contributed by atoms with Gasteiger partial charge in [-0.1, -0.05) is 0 Å². The first-order chi connectivity index (χ1) is 9.49. The molecule has 0 aliphatic carbocycles. The van der Waals surface area contributed by atoms with Crippen LogP contribution in [0.1, 0.15) is 15.4 Å². The average Bonchev–Trinajstić information content (AvgIpc) is 2.91. The summed E-state index contributed by atoms with van der Waals surface area (Å²) in [7, 11) is 1.59. The molecule has 8 heteroatoms. The zero-order valence-electron chi connectivity index (χ0n) is 10.5. The molecule has 0 fully saturated rings. The Balaban J connectivity index is 2.20. The lowest BCUT2D eigenvalue weighted by molar-refractivity contribution is -0.385. The molecule has 0 aliphatic heterocycles. The number of nitro groups is 1. The summed E-state index contributed by atoms with van der Waals surface area (Å²) >= 11 is 1.42. The van der Waals surface area contributed by atoms with E-state index in [0.717, 1.165) is 17.1 Å². The number of nitrogens with zero attached hydrogens (tertiary/aromatic N) is 3. The van der Waals surface area contributed by atoms with Gasteiger partial charge in [-0.05, 0) is 12.1 Å². The van der Waals surface area contributed by atoms with Gasteiger partial charge in [0.2, 0.25) is 0 Å². The third-order valence-electron chi connectivity index (χ3n) is 2.62. The van der Waals surface area contributed by atoms with Crippen LogP contribution in [-0.2, 0) is 6.54 Å². The zero-order chi connectivity index (χ0) is 14.7. The molecule has 2 rings (SSSR count). The monoisotopic (exact) mass is 293 g/mol. The van der Waals surface area contributed by atoms with Crippen LogP contribution < -0.4 is 0 Å². The summed E-state index contributed by atoms with van der Waals surface area (Å²) in [4.78, 5) is 27.6. The number of nitro benzene ring substituents is 1. The van der Waals surface area contributed by atoms with E-state index in [4.69, 9.17) is 0 Å². The number of amides is 1. The summed E-state index contributed by atoms with van der Waals surface area (Å²) in [5.41, 5.74) is -0.341. The third kappa shape index (κ3) is 2.91. The Morgan fingerprint density at radius 2 is 2.30 bits per heavy atom. The van der Waals surface area contributed by atoms with Gasteiger partial charge in [-0.2, -0.15) is 0 Å². The maximum absolute atomic E-state index is 12.2. The van der Waals surface area contributed by atoms with Gasteiger partial charge in [0.05, 0.1) is 11.5 Å². The molecule has 1 aromatic carbocycles. The van der Waals surface area contributed by atoms with E-state index in [2.05, 4.69) is 4.98 Å². The Morgan fingerprint density at radius 3 is 2.90 bits per heavy atom. The zero-order valence-corrected chi connectivity index (χ0v) is 11.3. The highest BCUT2D eigenvalue weighted by atomic mass is 32.1. The standard InChI is InChI=1S/C12H11N3O4S/c1-14(7-11-13-4-5-20-11)12(17)8-2-3-10(16)9(6-8)15(18)19/h2-6,16H,7H2,1H3. The van der Waals surface area contributed by atoms with Crippen molar-refractivity contribution in [2.45, 2.75) is 6.54 Å². The smallest absolute Gasteiger partial charge is 0.311 e. The van der Waals surface area contributed by atoms with Crippen molar-refractivity contribution < 1.29 is 14.8 Å². The van der Waals surface area contributed by atoms with Crippen molar-refractivity contribution in [3.63, 3.8) is 0 Å². The highest BCUT2D eigenvalue weighted by molar-refractivity contribution is 7.09. The van der Waals surface area contributed by atoms with Gasteiger partial charge in [-0.25, -0.2) is 4.98 Å². The van der Waals surface area contributed by atoms with E-state index in [9.17, 15) is 20.0 Å². The Morgan fingerprint density at radius 1 is 1.55 bits per heavy atom. The number of phenolic OH excluding ortho intramolecular Hbond substituents is 1. The second kappa shape index (κ2) is 5.66. The van der Waals surface area contributed by atoms with Gasteiger partial charge in [0, 0.05) is 30.3 Å². The molecule has 1 heterocycles. The van der Waals surface area contributed by atoms with Crippen molar-refractivity contribution in [2.75, 3.05) is 7.05 Å². The molecule has 0 radical (unpaired) electrons. The van der Waals surface area contributed by atoms with E-state index in [1.807, 2.05) is 0 Å². The molecule has 0 saturated heterocycles. The summed E-state index contributed by atoms with van der Waals surface area (Å²) < 4.78 is 0. The number of rotatable bonds is 4. The first-order valence-corrected chi connectivity index (χ1v) is 6.48. The fraction of sp³-hybridized carbons (Fsp3) is 0.167. The molecule has 1 amide bonds. The molecule has 0 aliphatic rings. The van der Waals surface area contributed by atoms with E-state index in [1.165, 1.54) is 22.3 Å². The normalized spacial score (nSPS) is 10.2. The number of hydrogen-bond donors (Lipinski definition) is 1. The van der Waals surface area contributed by atoms with Crippen molar-refractivity contribution in [3.8, 4) is 5.75 Å². The highest BCUT2D eigenvalue weighted by Gasteiger charge is 2.19. The van der Waals surface area contributed by atoms with Crippen LogP contribution in [0.4, 0.5) is 5.69 Å². The van der Waals surface area contributed by atoms with Gasteiger partial charge in [0.15, 0.2) is 5.75 Å². The second-order valence-electron chi connectivity index (χ2n) is 4.05. The predicted octanol–water partition coefficient (Wildman–Crippen LogP) is 2.03. The summed E-state index contributed by atoms with van der Waals surface area (Å²) in [6, 6.07) is 3.56. The third-order valence-corrected chi connectivity index (χ3v) is 3.39. The van der Waals surface area contributed by atoms with Gasteiger partial charge < -0.3 is 10.0 Å². The number of carbonyl (C=O) groups excluding carboxylic acids is 1. The average molecular weight is 293 g/mol. The van der Waals surface area contributed by atoms with E-state index in [1.54, 1.807) is 18.6 Å². The largest absolute Gasteiger partial charge is 0.502 e. The van der Waals surface area contributed by atoms with Crippen molar-refractivity contribution in [3.05, 3.63) is 50.5 Å². The number of phenols is 1. The number of aromatic nitrogens is 1. The summed E-state index contributed by atoms with van der Waals surface area (Å²) in [5, 5.41) is 22.7. The minimum atomic E-state index is -0.729. The fourth-order valence-corrected chi connectivity index (χ4v) is 2.30. The molecular weight excluding hydrogens is 282 g/mol. The van der Waals surface area contributed by atoms with Crippen molar-refractivity contribution in [1.82, 2.24) is 9.88 Å². The highest BCUT2D eigenvalue weighted by Crippen LogP contribution is 2.26. The van der Waals surface area contributed by atoms with Gasteiger partial charge >= 0.3 is 5.69 Å². The summed E-state index contributed by atoms with van der Waals surface area (Å²) in [5.74, 6) is -0.836. The molecule has 0 spiro atoms. The molecule has 2 aromatic rings. The Labute approximate surface area is 118 Å². The summed E-state index contributed by atoms with van der Waals surface area (Å²) in [6.07, 6.45) is 1.64. The minimum Gasteiger partial charge on any atom is -0.502 e. The molecule has 0 unspecified atom stereocenters. The maximum atomic E-state index is 12.2. The molecule has 0 bridgehead atoms. The fourth-order valence-electron chi connectivity index (χ4n) is 1.63. The van der Waals surface area contributed by atoms with E-state index in [-0.39, 0.29) is 11.5 Å². The molecule has 1 aromatic heterocycles. The van der Waals surface area contributed by atoms with Gasteiger partial charge in [0.25, 0.3) is 5.91 Å². The molecule has 0 saturated carbocycles. The van der Waals surface area contributed by atoms with Crippen LogP contribution in [0, 0.1) is 10.1 Å². The Hall–Kier alpha value is -2.48. The predicted molar refractivity (Wildman–Crippen MR) is 72.7 cm³/mol. The SMILES string of the molecule is CN(Cc1nccs1)C(=O)c1ccc(O)c([N+](=O)[O-])c1. The van der Waals surface area contributed by atoms with E-state index >= 15 is 0 Å². The Kier molecular flexibility index (Phi) is 3.94. The van der Waals surface area contributed by atoms with Gasteiger partial charge in [-0.3, -0.25) is 14.9 Å². The lowest BCUT2D eigenvalue weighted by Crippen LogP contribution is -2.26. The first-order valence-electron chi connectivity index (χ1n) is 5.60. The van der Waals surface area contributed by atoms with Crippen LogP contribution in [-0.4, -0.2) is 32.9 Å². The van der Waals surface area contributed by atoms with Gasteiger partial charge in [0.1, 0.15) is 5.01 Å². The molecular formula is C12H11N3O4S. The number of hydrogen-bond acceptors (Lipinski definition) is 6. The van der Waals surface area contributed by atoms with Crippen LogP contribution in [0.5, 0.6) is 5.75 Å². The van der Waals surface area contributed by atoms with Crippen LogP contribution in [0.2, 0.25) is 0 Å². The van der Waals surface area contributed by atoms with Crippen LogP contribution in [0.25, 0.3) is 0 Å².